The molecule has 0 aliphatic rings. The molecule has 2 aromatic carbocycles. The minimum atomic E-state index is -0.576. The molecular weight excluding hydrogens is 400 g/mol. The Labute approximate surface area is 184 Å². The zero-order valence-corrected chi connectivity index (χ0v) is 18.9. The Balaban J connectivity index is 2.19. The molecule has 6 heteroatoms. The molecule has 1 atom stereocenters. The Morgan fingerprint density at radius 1 is 1.10 bits per heavy atom. The summed E-state index contributed by atoms with van der Waals surface area (Å²) in [5.41, 5.74) is 2.10. The van der Waals surface area contributed by atoms with Crippen molar-refractivity contribution in [2.24, 2.45) is 5.92 Å². The minimum Gasteiger partial charge on any atom is -0.482 e. The van der Waals surface area contributed by atoms with Crippen LogP contribution in [0, 0.1) is 12.8 Å². The van der Waals surface area contributed by atoms with Crippen molar-refractivity contribution in [1.82, 2.24) is 10.2 Å². The second-order valence-electron chi connectivity index (χ2n) is 7.79. The molecule has 2 amide bonds. The molecule has 2 aromatic rings. The van der Waals surface area contributed by atoms with Gasteiger partial charge in [0.25, 0.3) is 5.91 Å². The molecule has 0 fully saturated rings. The summed E-state index contributed by atoms with van der Waals surface area (Å²) in [5.74, 6) is 0.364. The van der Waals surface area contributed by atoms with E-state index in [2.05, 4.69) is 5.32 Å². The number of aryl methyl sites for hydroxylation is 1. The summed E-state index contributed by atoms with van der Waals surface area (Å²) in [6.45, 7) is 8.70. The maximum Gasteiger partial charge on any atom is 0.261 e. The fourth-order valence-electron chi connectivity index (χ4n) is 3.02. The van der Waals surface area contributed by atoms with Gasteiger partial charge in [0.15, 0.2) is 6.61 Å². The number of nitrogens with one attached hydrogen (secondary N) is 1. The molecule has 30 heavy (non-hydrogen) atoms. The number of ether oxygens (including phenoxy) is 1. The average molecular weight is 431 g/mol. The monoisotopic (exact) mass is 430 g/mol. The number of carbonyl (C=O) groups is 2. The van der Waals surface area contributed by atoms with E-state index in [1.54, 1.807) is 29.2 Å². The number of carbonyl (C=O) groups excluding carboxylic acids is 2. The summed E-state index contributed by atoms with van der Waals surface area (Å²) in [4.78, 5) is 27.5. The third-order valence-electron chi connectivity index (χ3n) is 4.73. The van der Waals surface area contributed by atoms with Crippen LogP contribution in [0.15, 0.2) is 48.5 Å². The summed E-state index contributed by atoms with van der Waals surface area (Å²) in [6.07, 6.45) is 0.508. The molecule has 2 rings (SSSR count). The van der Waals surface area contributed by atoms with Crippen LogP contribution in [-0.2, 0) is 16.1 Å². The molecule has 0 spiro atoms. The largest absolute Gasteiger partial charge is 0.482 e. The van der Waals surface area contributed by atoms with E-state index in [4.69, 9.17) is 16.3 Å². The van der Waals surface area contributed by atoms with Crippen LogP contribution < -0.4 is 10.1 Å². The molecule has 5 nitrogen and oxygen atoms in total. The van der Waals surface area contributed by atoms with Gasteiger partial charge in [-0.15, -0.1) is 0 Å². The highest BCUT2D eigenvalue weighted by molar-refractivity contribution is 6.32. The molecular formula is C24H31ClN2O3. The first-order valence-corrected chi connectivity index (χ1v) is 10.7. The van der Waals surface area contributed by atoms with E-state index in [9.17, 15) is 9.59 Å². The van der Waals surface area contributed by atoms with E-state index >= 15 is 0 Å². The Hall–Kier alpha value is -2.53. The van der Waals surface area contributed by atoms with Gasteiger partial charge in [-0.2, -0.15) is 0 Å². The van der Waals surface area contributed by atoms with Gasteiger partial charge in [0, 0.05) is 13.1 Å². The SMILES string of the molecule is CC[C@@H](C(=O)NCC(C)C)N(Cc1ccc(C)cc1)C(=O)COc1ccccc1Cl. The highest BCUT2D eigenvalue weighted by Gasteiger charge is 2.29. The summed E-state index contributed by atoms with van der Waals surface area (Å²) in [6, 6.07) is 14.4. The molecule has 0 aromatic heterocycles. The zero-order valence-electron chi connectivity index (χ0n) is 18.2. The smallest absolute Gasteiger partial charge is 0.261 e. The van der Waals surface area contributed by atoms with Gasteiger partial charge in [0.1, 0.15) is 11.8 Å². The number of halogens is 1. The van der Waals surface area contributed by atoms with Crippen molar-refractivity contribution in [1.29, 1.82) is 0 Å². The van der Waals surface area contributed by atoms with Crippen LogP contribution in [0.5, 0.6) is 5.75 Å². The van der Waals surface area contributed by atoms with E-state index in [-0.39, 0.29) is 18.4 Å². The van der Waals surface area contributed by atoms with E-state index in [1.807, 2.05) is 52.0 Å². The molecule has 0 bridgehead atoms. The van der Waals surface area contributed by atoms with Crippen molar-refractivity contribution in [3.05, 3.63) is 64.7 Å². The molecule has 162 valence electrons. The van der Waals surface area contributed by atoms with Crippen LogP contribution in [-0.4, -0.2) is 35.9 Å². The molecule has 1 N–H and O–H groups in total. The number of benzene rings is 2. The predicted octanol–water partition coefficient (Wildman–Crippen LogP) is 4.61. The number of para-hydroxylation sites is 1. The first-order chi connectivity index (χ1) is 14.3. The predicted molar refractivity (Wildman–Crippen MR) is 121 cm³/mol. The fourth-order valence-corrected chi connectivity index (χ4v) is 3.21. The summed E-state index contributed by atoms with van der Waals surface area (Å²) in [5, 5.41) is 3.39. The van der Waals surface area contributed by atoms with E-state index in [1.165, 1.54) is 0 Å². The molecule has 0 radical (unpaired) electrons. The van der Waals surface area contributed by atoms with Gasteiger partial charge in [0.05, 0.1) is 5.02 Å². The van der Waals surface area contributed by atoms with Crippen molar-refractivity contribution < 1.29 is 14.3 Å². The average Bonchev–Trinajstić information content (AvgIpc) is 2.72. The van der Waals surface area contributed by atoms with E-state index < -0.39 is 6.04 Å². The van der Waals surface area contributed by atoms with Crippen molar-refractivity contribution in [2.45, 2.75) is 46.7 Å². The van der Waals surface area contributed by atoms with Crippen LogP contribution in [0.1, 0.15) is 38.3 Å². The van der Waals surface area contributed by atoms with Gasteiger partial charge in [-0.05, 0) is 37.0 Å². The Bertz CT molecular complexity index is 837. The first kappa shape index (κ1) is 23.7. The maximum absolute atomic E-state index is 13.1. The third kappa shape index (κ3) is 7.06. The third-order valence-corrected chi connectivity index (χ3v) is 5.04. The number of rotatable bonds is 10. The van der Waals surface area contributed by atoms with Crippen LogP contribution in [0.4, 0.5) is 0 Å². The summed E-state index contributed by atoms with van der Waals surface area (Å²) in [7, 11) is 0. The lowest BCUT2D eigenvalue weighted by atomic mass is 10.1. The lowest BCUT2D eigenvalue weighted by Gasteiger charge is -2.31. The highest BCUT2D eigenvalue weighted by atomic mass is 35.5. The van der Waals surface area contributed by atoms with Crippen molar-refractivity contribution in [3.8, 4) is 5.75 Å². The summed E-state index contributed by atoms with van der Waals surface area (Å²) < 4.78 is 5.65. The first-order valence-electron chi connectivity index (χ1n) is 10.3. The number of hydrogen-bond acceptors (Lipinski definition) is 3. The Morgan fingerprint density at radius 2 is 1.77 bits per heavy atom. The minimum absolute atomic E-state index is 0.149. The Morgan fingerprint density at radius 3 is 2.37 bits per heavy atom. The number of amides is 2. The van der Waals surface area contributed by atoms with Gasteiger partial charge in [-0.25, -0.2) is 0 Å². The lowest BCUT2D eigenvalue weighted by molar-refractivity contribution is -0.143. The maximum atomic E-state index is 13.1. The van der Waals surface area contributed by atoms with Crippen molar-refractivity contribution in [2.75, 3.05) is 13.2 Å². The van der Waals surface area contributed by atoms with Crippen LogP contribution in [0.2, 0.25) is 5.02 Å². The normalized spacial score (nSPS) is 11.8. The quantitative estimate of drug-likeness (QED) is 0.598. The zero-order chi connectivity index (χ0) is 22.1. The molecule has 0 aliphatic carbocycles. The van der Waals surface area contributed by atoms with E-state index in [0.717, 1.165) is 11.1 Å². The molecule has 0 saturated carbocycles. The second-order valence-corrected chi connectivity index (χ2v) is 8.20. The van der Waals surface area contributed by atoms with Gasteiger partial charge in [-0.1, -0.05) is 74.3 Å². The topological polar surface area (TPSA) is 58.6 Å². The lowest BCUT2D eigenvalue weighted by Crippen LogP contribution is -2.50. The molecule has 0 saturated heterocycles. The number of hydrogen-bond donors (Lipinski definition) is 1. The molecule has 0 unspecified atom stereocenters. The fraction of sp³-hybridized carbons (Fsp3) is 0.417. The van der Waals surface area contributed by atoms with Crippen LogP contribution >= 0.6 is 11.6 Å². The highest BCUT2D eigenvalue weighted by Crippen LogP contribution is 2.23. The summed E-state index contributed by atoms with van der Waals surface area (Å²) >= 11 is 6.13. The molecule has 0 aliphatic heterocycles. The standard InChI is InChI=1S/C24H31ClN2O3/c1-5-21(24(29)26-14-17(2)3)27(15-19-12-10-18(4)11-13-19)23(28)16-30-22-9-7-6-8-20(22)25/h6-13,17,21H,5,14-16H2,1-4H3,(H,26,29)/t21-/m0/s1. The van der Waals surface area contributed by atoms with Gasteiger partial charge >= 0.3 is 0 Å². The van der Waals surface area contributed by atoms with Gasteiger partial charge < -0.3 is 15.0 Å². The molecule has 0 heterocycles. The van der Waals surface area contributed by atoms with Crippen molar-refractivity contribution >= 4 is 23.4 Å². The van der Waals surface area contributed by atoms with Crippen molar-refractivity contribution in [3.63, 3.8) is 0 Å². The number of nitrogens with zero attached hydrogens (tertiary/aromatic N) is 1. The van der Waals surface area contributed by atoms with Gasteiger partial charge in [0.2, 0.25) is 5.91 Å². The second kappa shape index (κ2) is 11.6. The van der Waals surface area contributed by atoms with Crippen LogP contribution in [0.3, 0.4) is 0 Å². The van der Waals surface area contributed by atoms with Crippen LogP contribution in [0.25, 0.3) is 0 Å². The van der Waals surface area contributed by atoms with E-state index in [0.29, 0.717) is 36.2 Å². The Kier molecular flexibility index (Phi) is 9.18. The van der Waals surface area contributed by atoms with Gasteiger partial charge in [-0.3, -0.25) is 9.59 Å².